The van der Waals surface area contributed by atoms with E-state index >= 15 is 0 Å². The topological polar surface area (TPSA) is 29.9 Å². The third-order valence-corrected chi connectivity index (χ3v) is 2.46. The van der Waals surface area contributed by atoms with Crippen LogP contribution in [0.1, 0.15) is 32.2 Å². The highest BCUT2D eigenvalue weighted by molar-refractivity contribution is 6.20. The first-order valence-corrected chi connectivity index (χ1v) is 6.01. The van der Waals surface area contributed by atoms with Gasteiger partial charge in [0.1, 0.15) is 0 Å². The monoisotopic (exact) mass is 229 g/mol. The molecule has 1 aromatic heterocycles. The molecule has 0 saturated carbocycles. The molecule has 0 spiro atoms. The maximum Gasteiger partial charge on any atom is 0.0625 e. The minimum Gasteiger partial charge on any atom is -0.310 e. The third-order valence-electron chi connectivity index (χ3n) is 2.31. The summed E-state index contributed by atoms with van der Waals surface area (Å²) in [5.74, 6) is 0. The van der Waals surface area contributed by atoms with Gasteiger partial charge in [0.05, 0.1) is 11.4 Å². The largest absolute Gasteiger partial charge is 0.310 e. The van der Waals surface area contributed by atoms with E-state index in [1.54, 1.807) is 0 Å². The van der Waals surface area contributed by atoms with Gasteiger partial charge in [-0.05, 0) is 26.3 Å². The SMILES string of the molecule is CCc1cc(CNCC(C)Cl)n(CC)n1. The summed E-state index contributed by atoms with van der Waals surface area (Å²) in [6.45, 7) is 8.83. The van der Waals surface area contributed by atoms with Gasteiger partial charge in [0.2, 0.25) is 0 Å². The van der Waals surface area contributed by atoms with Crippen LogP contribution in [0.15, 0.2) is 6.07 Å². The molecule has 1 atom stereocenters. The standard InChI is InChI=1S/C11H20ClN3/c1-4-10-6-11(15(5-2)14-10)8-13-7-9(3)12/h6,9,13H,4-5,7-8H2,1-3H3. The van der Waals surface area contributed by atoms with Crippen molar-refractivity contribution < 1.29 is 0 Å². The van der Waals surface area contributed by atoms with Gasteiger partial charge in [0, 0.05) is 25.0 Å². The van der Waals surface area contributed by atoms with E-state index in [0.717, 1.165) is 31.7 Å². The molecule has 0 fully saturated rings. The zero-order valence-corrected chi connectivity index (χ0v) is 10.5. The second-order valence-corrected chi connectivity index (χ2v) is 4.45. The van der Waals surface area contributed by atoms with Crippen LogP contribution in [-0.2, 0) is 19.5 Å². The first kappa shape index (κ1) is 12.5. The van der Waals surface area contributed by atoms with Gasteiger partial charge in [-0.25, -0.2) is 0 Å². The normalized spacial score (nSPS) is 13.1. The zero-order valence-electron chi connectivity index (χ0n) is 9.76. The lowest BCUT2D eigenvalue weighted by atomic mass is 10.3. The molecule has 0 saturated heterocycles. The van der Waals surface area contributed by atoms with Crippen molar-refractivity contribution in [2.45, 2.75) is 45.7 Å². The van der Waals surface area contributed by atoms with E-state index in [0.29, 0.717) is 0 Å². The molecule has 1 N–H and O–H groups in total. The van der Waals surface area contributed by atoms with E-state index in [-0.39, 0.29) is 5.38 Å². The molecule has 1 unspecified atom stereocenters. The number of hydrogen-bond donors (Lipinski definition) is 1. The van der Waals surface area contributed by atoms with Crippen LogP contribution >= 0.6 is 11.6 Å². The number of nitrogens with zero attached hydrogens (tertiary/aromatic N) is 2. The van der Waals surface area contributed by atoms with Crippen LogP contribution in [0.3, 0.4) is 0 Å². The Balaban J connectivity index is 2.54. The van der Waals surface area contributed by atoms with Gasteiger partial charge in [0.15, 0.2) is 0 Å². The Bertz CT molecular complexity index is 294. The average Bonchev–Trinajstić information content (AvgIpc) is 2.60. The predicted octanol–water partition coefficient (Wildman–Crippen LogP) is 2.18. The highest BCUT2D eigenvalue weighted by Crippen LogP contribution is 2.05. The van der Waals surface area contributed by atoms with Gasteiger partial charge in [0.25, 0.3) is 0 Å². The molecule has 0 amide bonds. The van der Waals surface area contributed by atoms with Crippen molar-refractivity contribution in [1.82, 2.24) is 15.1 Å². The summed E-state index contributed by atoms with van der Waals surface area (Å²) in [5, 5.41) is 7.98. The van der Waals surface area contributed by atoms with Gasteiger partial charge in [-0.2, -0.15) is 5.10 Å². The maximum absolute atomic E-state index is 5.87. The van der Waals surface area contributed by atoms with Crippen molar-refractivity contribution in [1.29, 1.82) is 0 Å². The first-order valence-electron chi connectivity index (χ1n) is 5.57. The highest BCUT2D eigenvalue weighted by atomic mass is 35.5. The lowest BCUT2D eigenvalue weighted by Crippen LogP contribution is -2.22. The second-order valence-electron chi connectivity index (χ2n) is 3.71. The Hall–Kier alpha value is -0.540. The maximum atomic E-state index is 5.87. The van der Waals surface area contributed by atoms with Crippen LogP contribution in [0.4, 0.5) is 0 Å². The van der Waals surface area contributed by atoms with Gasteiger partial charge in [-0.3, -0.25) is 4.68 Å². The molecule has 3 nitrogen and oxygen atoms in total. The van der Waals surface area contributed by atoms with E-state index < -0.39 is 0 Å². The Morgan fingerprint density at radius 2 is 2.27 bits per heavy atom. The Morgan fingerprint density at radius 1 is 1.53 bits per heavy atom. The molecular weight excluding hydrogens is 210 g/mol. The quantitative estimate of drug-likeness (QED) is 0.758. The Kier molecular flexibility index (Phi) is 5.12. The molecule has 1 heterocycles. The second kappa shape index (κ2) is 6.13. The van der Waals surface area contributed by atoms with Crippen molar-refractivity contribution in [3.05, 3.63) is 17.5 Å². The summed E-state index contributed by atoms with van der Waals surface area (Å²) >= 11 is 5.87. The summed E-state index contributed by atoms with van der Waals surface area (Å²) < 4.78 is 2.05. The number of halogens is 1. The molecule has 0 aliphatic heterocycles. The summed E-state index contributed by atoms with van der Waals surface area (Å²) in [4.78, 5) is 0. The zero-order chi connectivity index (χ0) is 11.3. The third kappa shape index (κ3) is 3.84. The molecule has 0 radical (unpaired) electrons. The molecule has 15 heavy (non-hydrogen) atoms. The predicted molar refractivity (Wildman–Crippen MR) is 64.3 cm³/mol. The lowest BCUT2D eigenvalue weighted by Gasteiger charge is -2.07. The molecule has 4 heteroatoms. The Morgan fingerprint density at radius 3 is 2.80 bits per heavy atom. The van der Waals surface area contributed by atoms with Crippen LogP contribution in [0.2, 0.25) is 0 Å². The van der Waals surface area contributed by atoms with Crippen molar-refractivity contribution in [2.24, 2.45) is 0 Å². The summed E-state index contributed by atoms with van der Waals surface area (Å²) in [7, 11) is 0. The van der Waals surface area contributed by atoms with E-state index in [9.17, 15) is 0 Å². The minimum atomic E-state index is 0.175. The molecule has 0 aromatic carbocycles. The van der Waals surface area contributed by atoms with Gasteiger partial charge in [-0.15, -0.1) is 11.6 Å². The van der Waals surface area contributed by atoms with E-state index in [1.807, 2.05) is 11.6 Å². The molecule has 86 valence electrons. The van der Waals surface area contributed by atoms with Crippen molar-refractivity contribution in [2.75, 3.05) is 6.54 Å². The van der Waals surface area contributed by atoms with Crippen molar-refractivity contribution >= 4 is 11.6 Å². The fourth-order valence-corrected chi connectivity index (χ4v) is 1.61. The summed E-state index contributed by atoms with van der Waals surface area (Å²) in [6.07, 6.45) is 0.992. The number of aromatic nitrogens is 2. The van der Waals surface area contributed by atoms with E-state index in [2.05, 4.69) is 30.3 Å². The molecule has 0 bridgehead atoms. The fourth-order valence-electron chi connectivity index (χ4n) is 1.50. The van der Waals surface area contributed by atoms with Gasteiger partial charge in [-0.1, -0.05) is 6.92 Å². The first-order chi connectivity index (χ1) is 7.17. The van der Waals surface area contributed by atoms with Crippen LogP contribution in [0.5, 0.6) is 0 Å². The van der Waals surface area contributed by atoms with Crippen molar-refractivity contribution in [3.63, 3.8) is 0 Å². The van der Waals surface area contributed by atoms with E-state index in [4.69, 9.17) is 11.6 Å². The number of rotatable bonds is 6. The average molecular weight is 230 g/mol. The number of nitrogens with one attached hydrogen (secondary N) is 1. The van der Waals surface area contributed by atoms with Crippen molar-refractivity contribution in [3.8, 4) is 0 Å². The van der Waals surface area contributed by atoms with E-state index in [1.165, 1.54) is 5.69 Å². The van der Waals surface area contributed by atoms with Gasteiger partial charge >= 0.3 is 0 Å². The molecule has 0 aliphatic carbocycles. The summed E-state index contributed by atoms with van der Waals surface area (Å²) in [6, 6.07) is 2.16. The molecular formula is C11H20ClN3. The fraction of sp³-hybridized carbons (Fsp3) is 0.727. The smallest absolute Gasteiger partial charge is 0.0625 e. The van der Waals surface area contributed by atoms with Crippen LogP contribution in [0, 0.1) is 0 Å². The Labute approximate surface area is 96.8 Å². The van der Waals surface area contributed by atoms with Crippen LogP contribution in [0.25, 0.3) is 0 Å². The minimum absolute atomic E-state index is 0.175. The molecule has 0 aliphatic rings. The van der Waals surface area contributed by atoms with Crippen LogP contribution in [-0.4, -0.2) is 21.7 Å². The van der Waals surface area contributed by atoms with Gasteiger partial charge < -0.3 is 5.32 Å². The highest BCUT2D eigenvalue weighted by Gasteiger charge is 2.05. The lowest BCUT2D eigenvalue weighted by molar-refractivity contribution is 0.577. The van der Waals surface area contributed by atoms with Crippen LogP contribution < -0.4 is 5.32 Å². The molecule has 1 aromatic rings. The number of aryl methyl sites for hydroxylation is 2. The summed E-state index contributed by atoms with van der Waals surface area (Å²) in [5.41, 5.74) is 2.40. The molecule has 1 rings (SSSR count). The number of hydrogen-bond acceptors (Lipinski definition) is 2. The number of alkyl halides is 1.